The average molecular weight is 279 g/mol. The normalized spacial score (nSPS) is 13.1. The zero-order chi connectivity index (χ0) is 15.0. The molecule has 2 aromatic rings. The first-order valence-corrected chi connectivity index (χ1v) is 6.83. The van der Waals surface area contributed by atoms with Crippen LogP contribution in [-0.4, -0.2) is 24.7 Å². The van der Waals surface area contributed by atoms with Gasteiger partial charge in [-0.25, -0.2) is 9.78 Å². The van der Waals surface area contributed by atoms with Gasteiger partial charge in [-0.2, -0.15) is 0 Å². The van der Waals surface area contributed by atoms with Crippen molar-refractivity contribution in [3.8, 4) is 0 Å². The van der Waals surface area contributed by atoms with Crippen LogP contribution in [0.4, 0.5) is 0 Å². The lowest BCUT2D eigenvalue weighted by Crippen LogP contribution is -2.38. The van der Waals surface area contributed by atoms with Crippen LogP contribution in [0.3, 0.4) is 0 Å². The van der Waals surface area contributed by atoms with E-state index in [-0.39, 0.29) is 17.3 Å². The molecule has 2 rings (SSSR count). The molecule has 2 heterocycles. The number of hydrogen-bond donors (Lipinski definition) is 1. The van der Waals surface area contributed by atoms with Crippen LogP contribution in [0, 0.1) is 0 Å². The highest BCUT2D eigenvalue weighted by Gasteiger charge is 2.19. The maximum atomic E-state index is 12.4. The van der Waals surface area contributed by atoms with Crippen molar-refractivity contribution in [2.75, 3.05) is 0 Å². The first-order chi connectivity index (χ1) is 9.42. The minimum Gasteiger partial charge on any atom is -0.326 e. The number of nitrogens with zero attached hydrogens (tertiary/aromatic N) is 4. The molecule has 110 valence electrons. The molecule has 0 radical (unpaired) electrons. The molecule has 20 heavy (non-hydrogen) atoms. The second-order valence-electron chi connectivity index (χ2n) is 5.04. The van der Waals surface area contributed by atoms with Gasteiger partial charge in [0.2, 0.25) is 0 Å². The van der Waals surface area contributed by atoms with Gasteiger partial charge in [0.05, 0.1) is 0 Å². The van der Waals surface area contributed by atoms with E-state index in [0.29, 0.717) is 24.1 Å². The first kappa shape index (κ1) is 14.5. The van der Waals surface area contributed by atoms with Gasteiger partial charge in [-0.3, -0.25) is 13.9 Å². The van der Waals surface area contributed by atoms with E-state index in [1.54, 1.807) is 7.05 Å². The lowest BCUT2D eigenvalue weighted by Gasteiger charge is -2.13. The average Bonchev–Trinajstić information content (AvgIpc) is 2.81. The molecule has 7 heteroatoms. The van der Waals surface area contributed by atoms with Crippen LogP contribution in [0.15, 0.2) is 9.59 Å². The molecule has 0 spiro atoms. The third-order valence-corrected chi connectivity index (χ3v) is 3.68. The van der Waals surface area contributed by atoms with Crippen LogP contribution in [-0.2, 0) is 27.1 Å². The van der Waals surface area contributed by atoms with Crippen molar-refractivity contribution in [3.63, 3.8) is 0 Å². The molecule has 7 nitrogen and oxygen atoms in total. The van der Waals surface area contributed by atoms with Crippen LogP contribution in [0.5, 0.6) is 0 Å². The molecule has 0 fully saturated rings. The Balaban J connectivity index is 2.86. The van der Waals surface area contributed by atoms with Crippen molar-refractivity contribution in [2.45, 2.75) is 39.3 Å². The van der Waals surface area contributed by atoms with Crippen LogP contribution < -0.4 is 17.0 Å². The van der Waals surface area contributed by atoms with Gasteiger partial charge in [-0.1, -0.05) is 13.8 Å². The molecule has 0 aliphatic rings. The van der Waals surface area contributed by atoms with Crippen molar-refractivity contribution < 1.29 is 0 Å². The number of aryl methyl sites for hydroxylation is 2. The Labute approximate surface area is 116 Å². The van der Waals surface area contributed by atoms with Crippen LogP contribution in [0.25, 0.3) is 11.2 Å². The molecular weight excluding hydrogens is 258 g/mol. The summed E-state index contributed by atoms with van der Waals surface area (Å²) in [6, 6.07) is -0.0420. The van der Waals surface area contributed by atoms with Crippen molar-refractivity contribution in [2.24, 2.45) is 19.8 Å². The third-order valence-electron chi connectivity index (χ3n) is 3.68. The predicted molar refractivity (Wildman–Crippen MR) is 77.9 cm³/mol. The summed E-state index contributed by atoms with van der Waals surface area (Å²) in [5, 5.41) is 0. The standard InChI is InChI=1S/C13H21N5O2/c1-5-8(14)7-18-9(6-2)15-11-10(18)12(19)17(4)13(20)16(11)3/h8H,5-7,14H2,1-4H3. The molecule has 0 aliphatic heterocycles. The third kappa shape index (κ3) is 2.07. The number of fused-ring (bicyclic) bond motifs is 1. The number of aromatic nitrogens is 4. The maximum absolute atomic E-state index is 12.4. The molecule has 1 unspecified atom stereocenters. The Bertz CT molecular complexity index is 753. The molecule has 0 bridgehead atoms. The highest BCUT2D eigenvalue weighted by atomic mass is 16.2. The Morgan fingerprint density at radius 2 is 1.85 bits per heavy atom. The SMILES string of the molecule is CCc1nc2c(c(=O)n(C)c(=O)n2C)n1CC(N)CC. The van der Waals surface area contributed by atoms with Crippen LogP contribution >= 0.6 is 0 Å². The lowest BCUT2D eigenvalue weighted by molar-refractivity contribution is 0.532. The van der Waals surface area contributed by atoms with E-state index in [4.69, 9.17) is 5.73 Å². The quantitative estimate of drug-likeness (QED) is 0.834. The second-order valence-corrected chi connectivity index (χ2v) is 5.04. The Kier molecular flexibility index (Phi) is 3.80. The fourth-order valence-electron chi connectivity index (χ4n) is 2.32. The fraction of sp³-hybridized carbons (Fsp3) is 0.615. The summed E-state index contributed by atoms with van der Waals surface area (Å²) in [6.45, 7) is 4.50. The van der Waals surface area contributed by atoms with Gasteiger partial charge in [0.1, 0.15) is 5.82 Å². The molecule has 0 amide bonds. The summed E-state index contributed by atoms with van der Waals surface area (Å²) in [7, 11) is 3.10. The molecule has 0 aliphatic carbocycles. The Morgan fingerprint density at radius 3 is 2.40 bits per heavy atom. The fourth-order valence-corrected chi connectivity index (χ4v) is 2.32. The lowest BCUT2D eigenvalue weighted by atomic mass is 10.2. The van der Waals surface area contributed by atoms with E-state index in [0.717, 1.165) is 16.8 Å². The molecule has 2 N–H and O–H groups in total. The monoisotopic (exact) mass is 279 g/mol. The highest BCUT2D eigenvalue weighted by molar-refractivity contribution is 5.71. The minimum atomic E-state index is -0.366. The highest BCUT2D eigenvalue weighted by Crippen LogP contribution is 2.12. The van der Waals surface area contributed by atoms with Gasteiger partial charge in [-0.15, -0.1) is 0 Å². The van der Waals surface area contributed by atoms with E-state index >= 15 is 0 Å². The number of rotatable bonds is 4. The molecule has 1 atom stereocenters. The van der Waals surface area contributed by atoms with Gasteiger partial charge >= 0.3 is 5.69 Å². The van der Waals surface area contributed by atoms with Crippen molar-refractivity contribution >= 4 is 11.2 Å². The largest absolute Gasteiger partial charge is 0.332 e. The van der Waals surface area contributed by atoms with Gasteiger partial charge < -0.3 is 10.3 Å². The van der Waals surface area contributed by atoms with Crippen LogP contribution in [0.2, 0.25) is 0 Å². The van der Waals surface area contributed by atoms with Crippen molar-refractivity contribution in [1.82, 2.24) is 18.7 Å². The predicted octanol–water partition coefficient (Wildman–Crippen LogP) is -0.267. The summed E-state index contributed by atoms with van der Waals surface area (Å²) in [5.74, 6) is 0.780. The van der Waals surface area contributed by atoms with E-state index < -0.39 is 0 Å². The summed E-state index contributed by atoms with van der Waals surface area (Å²) in [5.41, 5.74) is 6.20. The summed E-state index contributed by atoms with van der Waals surface area (Å²) >= 11 is 0. The van der Waals surface area contributed by atoms with Gasteiger partial charge in [0, 0.05) is 33.1 Å². The van der Waals surface area contributed by atoms with Gasteiger partial charge in [0.15, 0.2) is 11.2 Å². The molecular formula is C13H21N5O2. The molecule has 0 saturated carbocycles. The summed E-state index contributed by atoms with van der Waals surface area (Å²) < 4.78 is 4.37. The first-order valence-electron chi connectivity index (χ1n) is 6.83. The number of nitrogens with two attached hydrogens (primary N) is 1. The topological polar surface area (TPSA) is 87.8 Å². The molecule has 0 saturated heterocycles. The zero-order valence-electron chi connectivity index (χ0n) is 12.4. The Morgan fingerprint density at radius 1 is 1.20 bits per heavy atom. The van der Waals surface area contributed by atoms with E-state index in [9.17, 15) is 9.59 Å². The smallest absolute Gasteiger partial charge is 0.326 e. The zero-order valence-corrected chi connectivity index (χ0v) is 12.4. The van der Waals surface area contributed by atoms with E-state index in [2.05, 4.69) is 4.98 Å². The number of hydrogen-bond acceptors (Lipinski definition) is 4. The second kappa shape index (κ2) is 5.24. The summed E-state index contributed by atoms with van der Waals surface area (Å²) in [6.07, 6.45) is 1.50. The van der Waals surface area contributed by atoms with E-state index in [1.165, 1.54) is 11.6 Å². The van der Waals surface area contributed by atoms with Crippen molar-refractivity contribution in [1.29, 1.82) is 0 Å². The Hall–Kier alpha value is -1.89. The maximum Gasteiger partial charge on any atom is 0.332 e. The minimum absolute atomic E-state index is 0.0420. The molecule has 2 aromatic heterocycles. The number of imidazole rings is 1. The van der Waals surface area contributed by atoms with Gasteiger partial charge in [-0.05, 0) is 6.42 Å². The van der Waals surface area contributed by atoms with Crippen LogP contribution in [0.1, 0.15) is 26.1 Å². The van der Waals surface area contributed by atoms with Gasteiger partial charge in [0.25, 0.3) is 5.56 Å². The summed E-state index contributed by atoms with van der Waals surface area (Å²) in [4.78, 5) is 28.7. The van der Waals surface area contributed by atoms with Crippen molar-refractivity contribution in [3.05, 3.63) is 26.7 Å². The van der Waals surface area contributed by atoms with E-state index in [1.807, 2.05) is 18.4 Å². The molecule has 0 aromatic carbocycles.